The highest BCUT2D eigenvalue weighted by Crippen LogP contribution is 2.29. The minimum atomic E-state index is -1.15. The van der Waals surface area contributed by atoms with E-state index >= 15 is 0 Å². The summed E-state index contributed by atoms with van der Waals surface area (Å²) in [6, 6.07) is 5.30. The molecule has 0 saturated carbocycles. The number of aromatic amines is 1. The second kappa shape index (κ2) is 4.82. The summed E-state index contributed by atoms with van der Waals surface area (Å²) >= 11 is 6.02. The van der Waals surface area contributed by atoms with E-state index in [1.165, 1.54) is 6.20 Å². The minimum Gasteiger partial charge on any atom is -0.365 e. The summed E-state index contributed by atoms with van der Waals surface area (Å²) in [7, 11) is 0. The molecular weight excluding hydrogens is 300 g/mol. The van der Waals surface area contributed by atoms with Crippen LogP contribution >= 0.6 is 11.6 Å². The van der Waals surface area contributed by atoms with Gasteiger partial charge in [-0.05, 0) is 24.3 Å². The van der Waals surface area contributed by atoms with Crippen LogP contribution in [0.4, 0.5) is 8.78 Å². The molecule has 2 heterocycles. The fourth-order valence-electron chi connectivity index (χ4n) is 2.11. The van der Waals surface area contributed by atoms with Gasteiger partial charge in [0.2, 0.25) is 0 Å². The molecule has 1 amide bonds. The van der Waals surface area contributed by atoms with E-state index in [1.54, 1.807) is 12.1 Å². The van der Waals surface area contributed by atoms with E-state index in [0.717, 1.165) is 12.1 Å². The quantitative estimate of drug-likeness (QED) is 0.762. The Morgan fingerprint density at radius 3 is 2.48 bits per heavy atom. The van der Waals surface area contributed by atoms with Gasteiger partial charge in [0.15, 0.2) is 0 Å². The molecule has 21 heavy (non-hydrogen) atoms. The lowest BCUT2D eigenvalue weighted by molar-refractivity contribution is 0.0992. The molecule has 0 aliphatic carbocycles. The van der Waals surface area contributed by atoms with Crippen LogP contribution in [0.3, 0.4) is 0 Å². The van der Waals surface area contributed by atoms with Gasteiger partial charge in [0.1, 0.15) is 22.8 Å². The molecule has 0 fully saturated rings. The average molecular weight is 308 g/mol. The summed E-state index contributed by atoms with van der Waals surface area (Å²) in [6.45, 7) is 0. The predicted octanol–water partition coefficient (Wildman–Crippen LogP) is 3.26. The number of nitrogens with one attached hydrogen (secondary N) is 1. The Kier molecular flexibility index (Phi) is 3.10. The van der Waals surface area contributed by atoms with Gasteiger partial charge in [-0.3, -0.25) is 4.79 Å². The molecule has 0 atom stereocenters. The largest absolute Gasteiger partial charge is 0.365 e. The average Bonchev–Trinajstić information content (AvgIpc) is 2.82. The molecule has 7 heteroatoms. The second-order valence-corrected chi connectivity index (χ2v) is 4.82. The van der Waals surface area contributed by atoms with Crippen molar-refractivity contribution in [2.75, 3.05) is 0 Å². The molecular formula is C14H8ClF2N3O. The second-order valence-electron chi connectivity index (χ2n) is 4.42. The Morgan fingerprint density at radius 2 is 1.90 bits per heavy atom. The number of benzene rings is 1. The number of hydrogen-bond donors (Lipinski definition) is 2. The first-order chi connectivity index (χ1) is 9.97. The third-order valence-electron chi connectivity index (χ3n) is 3.08. The summed E-state index contributed by atoms with van der Waals surface area (Å²) in [5.74, 6) is -3.19. The molecule has 4 nitrogen and oxygen atoms in total. The van der Waals surface area contributed by atoms with Gasteiger partial charge in [0.25, 0.3) is 5.91 Å². The highest BCUT2D eigenvalue weighted by atomic mass is 35.5. The molecule has 0 radical (unpaired) electrons. The number of H-pyrrole nitrogens is 1. The van der Waals surface area contributed by atoms with E-state index in [1.807, 2.05) is 0 Å². The third-order valence-corrected chi connectivity index (χ3v) is 3.41. The number of rotatable bonds is 2. The third kappa shape index (κ3) is 2.23. The molecule has 0 aliphatic heterocycles. The number of carbonyl (C=O) groups is 1. The summed E-state index contributed by atoms with van der Waals surface area (Å²) < 4.78 is 27.6. The summed E-state index contributed by atoms with van der Waals surface area (Å²) in [6.07, 6.45) is 1.52. The lowest BCUT2D eigenvalue weighted by Gasteiger charge is -2.04. The lowest BCUT2D eigenvalue weighted by Crippen LogP contribution is -2.15. The number of aromatic nitrogens is 2. The molecule has 0 aliphatic rings. The van der Waals surface area contributed by atoms with E-state index < -0.39 is 23.1 Å². The van der Waals surface area contributed by atoms with Crippen LogP contribution in [0.5, 0.6) is 0 Å². The Bertz CT molecular complexity index is 853. The molecule has 2 aromatic heterocycles. The van der Waals surface area contributed by atoms with Crippen molar-refractivity contribution in [3.8, 4) is 11.3 Å². The van der Waals surface area contributed by atoms with Gasteiger partial charge in [-0.25, -0.2) is 13.8 Å². The first kappa shape index (κ1) is 13.5. The number of amides is 1. The van der Waals surface area contributed by atoms with Crippen molar-refractivity contribution < 1.29 is 13.6 Å². The lowest BCUT2D eigenvalue weighted by atomic mass is 10.1. The SMILES string of the molecule is NC(=O)c1c(F)cc(-c2cc3c(Cl)ccnc3[nH]2)cc1F. The molecule has 1 aromatic carbocycles. The maximum Gasteiger partial charge on any atom is 0.254 e. The van der Waals surface area contributed by atoms with Gasteiger partial charge >= 0.3 is 0 Å². The number of halogens is 3. The fraction of sp³-hybridized carbons (Fsp3) is 0. The van der Waals surface area contributed by atoms with Crippen molar-refractivity contribution in [1.29, 1.82) is 0 Å². The minimum absolute atomic E-state index is 0.226. The molecule has 106 valence electrons. The van der Waals surface area contributed by atoms with Gasteiger partial charge in [-0.2, -0.15) is 0 Å². The van der Waals surface area contributed by atoms with E-state index in [9.17, 15) is 13.6 Å². The van der Waals surface area contributed by atoms with Crippen LogP contribution in [-0.4, -0.2) is 15.9 Å². The van der Waals surface area contributed by atoms with Crippen LogP contribution in [0.2, 0.25) is 5.02 Å². The summed E-state index contributed by atoms with van der Waals surface area (Å²) in [5, 5.41) is 1.10. The molecule has 3 rings (SSSR count). The van der Waals surface area contributed by atoms with E-state index in [0.29, 0.717) is 21.7 Å². The van der Waals surface area contributed by atoms with Gasteiger partial charge in [0, 0.05) is 22.8 Å². The van der Waals surface area contributed by atoms with Crippen molar-refractivity contribution in [3.63, 3.8) is 0 Å². The van der Waals surface area contributed by atoms with Gasteiger partial charge in [-0.15, -0.1) is 0 Å². The van der Waals surface area contributed by atoms with Crippen LogP contribution in [0, 0.1) is 11.6 Å². The first-order valence-electron chi connectivity index (χ1n) is 5.90. The predicted molar refractivity (Wildman–Crippen MR) is 75.0 cm³/mol. The van der Waals surface area contributed by atoms with Gasteiger partial charge < -0.3 is 10.7 Å². The highest BCUT2D eigenvalue weighted by Gasteiger charge is 2.17. The number of hydrogen-bond acceptors (Lipinski definition) is 2. The Morgan fingerprint density at radius 1 is 1.24 bits per heavy atom. The van der Waals surface area contributed by atoms with Gasteiger partial charge in [-0.1, -0.05) is 11.6 Å². The first-order valence-corrected chi connectivity index (χ1v) is 6.27. The molecule has 0 saturated heterocycles. The molecule has 3 aromatic rings. The van der Waals surface area contributed by atoms with E-state index in [4.69, 9.17) is 17.3 Å². The van der Waals surface area contributed by atoms with Crippen molar-refractivity contribution in [3.05, 3.63) is 52.7 Å². The van der Waals surface area contributed by atoms with Crippen molar-refractivity contribution >= 4 is 28.5 Å². The fourth-order valence-corrected chi connectivity index (χ4v) is 2.31. The van der Waals surface area contributed by atoms with Crippen molar-refractivity contribution in [1.82, 2.24) is 9.97 Å². The van der Waals surface area contributed by atoms with Crippen LogP contribution in [0.1, 0.15) is 10.4 Å². The zero-order chi connectivity index (χ0) is 15.1. The zero-order valence-electron chi connectivity index (χ0n) is 10.5. The molecule has 0 unspecified atom stereocenters. The van der Waals surface area contributed by atoms with Gasteiger partial charge in [0.05, 0.1) is 5.02 Å². The van der Waals surface area contributed by atoms with E-state index in [-0.39, 0.29) is 5.56 Å². The summed E-state index contributed by atoms with van der Waals surface area (Å²) in [5.41, 5.74) is 5.33. The number of pyridine rings is 1. The zero-order valence-corrected chi connectivity index (χ0v) is 11.2. The molecule has 0 spiro atoms. The maximum absolute atomic E-state index is 13.8. The maximum atomic E-state index is 13.8. The standard InChI is InChI=1S/C14H8ClF2N3O/c15-8-1-2-19-14-7(8)5-11(20-14)6-3-9(16)12(13(18)21)10(17)4-6/h1-5H,(H2,18,21)(H,19,20). The van der Waals surface area contributed by atoms with E-state index in [2.05, 4.69) is 9.97 Å². The van der Waals surface area contributed by atoms with Crippen LogP contribution in [-0.2, 0) is 0 Å². The van der Waals surface area contributed by atoms with Crippen LogP contribution < -0.4 is 5.73 Å². The Balaban J connectivity index is 2.19. The monoisotopic (exact) mass is 307 g/mol. The van der Waals surface area contributed by atoms with Crippen molar-refractivity contribution in [2.45, 2.75) is 0 Å². The molecule has 3 N–H and O–H groups in total. The Labute approximate surface area is 122 Å². The number of fused-ring (bicyclic) bond motifs is 1. The van der Waals surface area contributed by atoms with Crippen molar-refractivity contribution in [2.24, 2.45) is 5.73 Å². The smallest absolute Gasteiger partial charge is 0.254 e. The van der Waals surface area contributed by atoms with Crippen LogP contribution in [0.15, 0.2) is 30.5 Å². The Hall–Kier alpha value is -2.47. The molecule has 0 bridgehead atoms. The summed E-state index contributed by atoms with van der Waals surface area (Å²) in [4.78, 5) is 18.0. The highest BCUT2D eigenvalue weighted by molar-refractivity contribution is 6.35. The number of primary amides is 1. The normalized spacial score (nSPS) is 11.0. The number of nitrogens with zero attached hydrogens (tertiary/aromatic N) is 1. The topological polar surface area (TPSA) is 71.8 Å². The van der Waals surface area contributed by atoms with Crippen LogP contribution in [0.25, 0.3) is 22.3 Å². The number of carbonyl (C=O) groups excluding carboxylic acids is 1. The number of nitrogens with two attached hydrogens (primary N) is 1.